The standard InChI is InChI=1S/C22H19N5O2S/c1-16(30-22-24-25-26-27(22)18-8-4-2-5-9-18)21(28)23-17-12-14-20(15-13-17)29-19-10-6-3-7-11-19/h2-16H,1H3,(H,23,28)/t16-/m0/s1. The summed E-state index contributed by atoms with van der Waals surface area (Å²) in [6, 6.07) is 26.3. The smallest absolute Gasteiger partial charge is 0.237 e. The van der Waals surface area contributed by atoms with Gasteiger partial charge in [-0.1, -0.05) is 48.2 Å². The maximum atomic E-state index is 12.6. The van der Waals surface area contributed by atoms with E-state index in [1.54, 1.807) is 4.68 Å². The normalized spacial score (nSPS) is 11.6. The second-order valence-electron chi connectivity index (χ2n) is 6.40. The second-order valence-corrected chi connectivity index (χ2v) is 7.71. The first-order valence-electron chi connectivity index (χ1n) is 9.33. The van der Waals surface area contributed by atoms with E-state index in [2.05, 4.69) is 20.8 Å². The van der Waals surface area contributed by atoms with Crippen molar-refractivity contribution in [3.8, 4) is 17.2 Å². The van der Waals surface area contributed by atoms with E-state index in [-0.39, 0.29) is 5.91 Å². The molecular weight excluding hydrogens is 398 g/mol. The van der Waals surface area contributed by atoms with Crippen LogP contribution in [0.2, 0.25) is 0 Å². The van der Waals surface area contributed by atoms with Crippen LogP contribution in [0.1, 0.15) is 6.92 Å². The van der Waals surface area contributed by atoms with Gasteiger partial charge in [0.1, 0.15) is 11.5 Å². The van der Waals surface area contributed by atoms with Gasteiger partial charge in [0, 0.05) is 5.69 Å². The highest BCUT2D eigenvalue weighted by Crippen LogP contribution is 2.25. The molecule has 1 N–H and O–H groups in total. The summed E-state index contributed by atoms with van der Waals surface area (Å²) in [6.07, 6.45) is 0. The first kappa shape index (κ1) is 19.7. The van der Waals surface area contributed by atoms with E-state index in [1.165, 1.54) is 11.8 Å². The van der Waals surface area contributed by atoms with Crippen molar-refractivity contribution in [2.24, 2.45) is 0 Å². The van der Waals surface area contributed by atoms with Crippen LogP contribution in [0, 0.1) is 0 Å². The summed E-state index contributed by atoms with van der Waals surface area (Å²) in [5.74, 6) is 1.32. The molecule has 1 amide bonds. The lowest BCUT2D eigenvalue weighted by molar-refractivity contribution is -0.115. The molecule has 0 aliphatic rings. The molecule has 0 aliphatic carbocycles. The highest BCUT2D eigenvalue weighted by Gasteiger charge is 2.19. The molecule has 0 aliphatic heterocycles. The average Bonchev–Trinajstić information content (AvgIpc) is 3.24. The maximum Gasteiger partial charge on any atom is 0.237 e. The lowest BCUT2D eigenvalue weighted by atomic mass is 10.3. The summed E-state index contributed by atoms with van der Waals surface area (Å²) in [7, 11) is 0. The molecule has 7 nitrogen and oxygen atoms in total. The first-order chi connectivity index (χ1) is 14.7. The molecule has 1 aromatic heterocycles. The Labute approximate surface area is 178 Å². The van der Waals surface area contributed by atoms with Gasteiger partial charge in [0.25, 0.3) is 0 Å². The number of aromatic nitrogens is 4. The Kier molecular flexibility index (Phi) is 6.05. The van der Waals surface area contributed by atoms with Gasteiger partial charge < -0.3 is 10.1 Å². The minimum atomic E-state index is -0.390. The summed E-state index contributed by atoms with van der Waals surface area (Å²) in [4.78, 5) is 12.6. The van der Waals surface area contributed by atoms with E-state index in [0.717, 1.165) is 11.4 Å². The SMILES string of the molecule is C[C@H](Sc1nnnn1-c1ccccc1)C(=O)Nc1ccc(Oc2ccccc2)cc1. The summed E-state index contributed by atoms with van der Waals surface area (Å²) in [5, 5.41) is 14.9. The zero-order valence-corrected chi connectivity index (χ0v) is 17.0. The van der Waals surface area contributed by atoms with E-state index in [4.69, 9.17) is 4.74 Å². The number of nitrogens with one attached hydrogen (secondary N) is 1. The van der Waals surface area contributed by atoms with Crippen molar-refractivity contribution < 1.29 is 9.53 Å². The molecule has 4 rings (SSSR count). The van der Waals surface area contributed by atoms with Crippen molar-refractivity contribution in [2.75, 3.05) is 5.32 Å². The van der Waals surface area contributed by atoms with Crippen molar-refractivity contribution >= 4 is 23.4 Å². The molecule has 0 bridgehead atoms. The Hall–Kier alpha value is -3.65. The third-order valence-electron chi connectivity index (χ3n) is 4.19. The fraction of sp³-hybridized carbons (Fsp3) is 0.0909. The average molecular weight is 417 g/mol. The molecule has 0 fully saturated rings. The molecule has 4 aromatic rings. The number of ether oxygens (including phenoxy) is 1. The van der Waals surface area contributed by atoms with Gasteiger partial charge in [-0.05, 0) is 65.9 Å². The number of para-hydroxylation sites is 2. The predicted molar refractivity (Wildman–Crippen MR) is 116 cm³/mol. The summed E-state index contributed by atoms with van der Waals surface area (Å²) in [5.41, 5.74) is 1.53. The molecule has 0 unspecified atom stereocenters. The van der Waals surface area contributed by atoms with Gasteiger partial charge in [0.05, 0.1) is 10.9 Å². The van der Waals surface area contributed by atoms with Gasteiger partial charge in [-0.15, -0.1) is 5.10 Å². The van der Waals surface area contributed by atoms with Crippen LogP contribution in [0.25, 0.3) is 5.69 Å². The summed E-state index contributed by atoms with van der Waals surface area (Å²) in [6.45, 7) is 1.82. The van der Waals surface area contributed by atoms with Gasteiger partial charge in [0.2, 0.25) is 11.1 Å². The monoisotopic (exact) mass is 417 g/mol. The van der Waals surface area contributed by atoms with Crippen LogP contribution in [0.3, 0.4) is 0 Å². The number of benzene rings is 3. The quantitative estimate of drug-likeness (QED) is 0.444. The maximum absolute atomic E-state index is 12.6. The topological polar surface area (TPSA) is 81.9 Å². The Morgan fingerprint density at radius 2 is 1.57 bits per heavy atom. The molecule has 30 heavy (non-hydrogen) atoms. The minimum Gasteiger partial charge on any atom is -0.457 e. The fourth-order valence-electron chi connectivity index (χ4n) is 2.67. The number of carbonyl (C=O) groups excluding carboxylic acids is 1. The number of rotatable bonds is 7. The highest BCUT2D eigenvalue weighted by molar-refractivity contribution is 8.00. The molecule has 1 heterocycles. The number of tetrazole rings is 1. The number of anilines is 1. The van der Waals surface area contributed by atoms with Gasteiger partial charge in [0.15, 0.2) is 0 Å². The number of hydrogen-bond donors (Lipinski definition) is 1. The van der Waals surface area contributed by atoms with Crippen LogP contribution in [-0.2, 0) is 4.79 Å². The van der Waals surface area contributed by atoms with Crippen molar-refractivity contribution in [3.63, 3.8) is 0 Å². The minimum absolute atomic E-state index is 0.140. The molecule has 0 radical (unpaired) electrons. The molecule has 0 saturated carbocycles. The Bertz CT molecular complexity index is 1100. The molecule has 0 saturated heterocycles. The van der Waals surface area contributed by atoms with E-state index in [9.17, 15) is 4.79 Å². The number of thioether (sulfide) groups is 1. The van der Waals surface area contributed by atoms with Gasteiger partial charge in [-0.25, -0.2) is 0 Å². The lowest BCUT2D eigenvalue weighted by Crippen LogP contribution is -2.22. The molecule has 1 atom stereocenters. The number of nitrogens with zero attached hydrogens (tertiary/aromatic N) is 4. The van der Waals surface area contributed by atoms with Crippen molar-refractivity contribution in [1.29, 1.82) is 0 Å². The molecule has 150 valence electrons. The Morgan fingerprint density at radius 1 is 0.933 bits per heavy atom. The Morgan fingerprint density at radius 3 is 2.27 bits per heavy atom. The lowest BCUT2D eigenvalue weighted by Gasteiger charge is -2.12. The molecule has 0 spiro atoms. The number of carbonyl (C=O) groups is 1. The number of hydrogen-bond acceptors (Lipinski definition) is 6. The zero-order valence-electron chi connectivity index (χ0n) is 16.2. The van der Waals surface area contributed by atoms with Crippen molar-refractivity contribution in [1.82, 2.24) is 20.2 Å². The molecule has 3 aromatic carbocycles. The van der Waals surface area contributed by atoms with Gasteiger partial charge in [-0.2, -0.15) is 4.68 Å². The van der Waals surface area contributed by atoms with Crippen LogP contribution < -0.4 is 10.1 Å². The van der Waals surface area contributed by atoms with Crippen LogP contribution in [0.4, 0.5) is 5.69 Å². The van der Waals surface area contributed by atoms with Crippen molar-refractivity contribution in [2.45, 2.75) is 17.3 Å². The second kappa shape index (κ2) is 9.23. The van der Waals surface area contributed by atoms with E-state index >= 15 is 0 Å². The zero-order chi connectivity index (χ0) is 20.8. The van der Waals surface area contributed by atoms with E-state index in [1.807, 2.05) is 91.9 Å². The third kappa shape index (κ3) is 4.84. The summed E-state index contributed by atoms with van der Waals surface area (Å²) >= 11 is 1.29. The van der Waals surface area contributed by atoms with Crippen LogP contribution in [0.15, 0.2) is 90.1 Å². The van der Waals surface area contributed by atoms with E-state index in [0.29, 0.717) is 16.6 Å². The van der Waals surface area contributed by atoms with Crippen molar-refractivity contribution in [3.05, 3.63) is 84.9 Å². The molecular formula is C22H19N5O2S. The predicted octanol–water partition coefficient (Wildman–Crippen LogP) is 4.57. The third-order valence-corrected chi connectivity index (χ3v) is 5.23. The molecule has 8 heteroatoms. The largest absolute Gasteiger partial charge is 0.457 e. The van der Waals surface area contributed by atoms with Gasteiger partial charge in [-0.3, -0.25) is 4.79 Å². The van der Waals surface area contributed by atoms with Crippen LogP contribution in [0.5, 0.6) is 11.5 Å². The number of amides is 1. The summed E-state index contributed by atoms with van der Waals surface area (Å²) < 4.78 is 7.38. The fourth-order valence-corrected chi connectivity index (χ4v) is 3.48. The highest BCUT2D eigenvalue weighted by atomic mass is 32.2. The van der Waals surface area contributed by atoms with E-state index < -0.39 is 5.25 Å². The van der Waals surface area contributed by atoms with Crippen LogP contribution >= 0.6 is 11.8 Å². The first-order valence-corrected chi connectivity index (χ1v) is 10.2. The van der Waals surface area contributed by atoms with Crippen LogP contribution in [-0.4, -0.2) is 31.4 Å². The van der Waals surface area contributed by atoms with Gasteiger partial charge >= 0.3 is 0 Å². The Balaban J connectivity index is 1.37.